The number of hydrogen-bond acceptors (Lipinski definition) is 1. The van der Waals surface area contributed by atoms with E-state index in [1.54, 1.807) is 6.08 Å². The van der Waals surface area contributed by atoms with Crippen molar-refractivity contribution in [3.05, 3.63) is 48.6 Å². The Bertz CT molecular complexity index is 394. The molecule has 2 nitrogen and oxygen atoms in total. The maximum absolute atomic E-state index is 10.4. The third kappa shape index (κ3) is 18.4. The van der Waals surface area contributed by atoms with Gasteiger partial charge in [-0.3, -0.25) is 4.79 Å². The second-order valence-corrected chi connectivity index (χ2v) is 5.21. The van der Waals surface area contributed by atoms with Crippen LogP contribution in [0.3, 0.4) is 0 Å². The Labute approximate surface area is 137 Å². The first-order valence-corrected chi connectivity index (χ1v) is 8.42. The van der Waals surface area contributed by atoms with Crippen LogP contribution in [0.25, 0.3) is 0 Å². The molecule has 0 aromatic carbocycles. The largest absolute Gasteiger partial charge is 0.481 e. The van der Waals surface area contributed by atoms with Gasteiger partial charge in [0.2, 0.25) is 0 Å². The van der Waals surface area contributed by atoms with Crippen molar-refractivity contribution in [1.82, 2.24) is 0 Å². The summed E-state index contributed by atoms with van der Waals surface area (Å²) in [6.45, 7) is 2.22. The number of rotatable bonds is 14. The molecular formula is C20H32O2. The lowest BCUT2D eigenvalue weighted by Gasteiger charge is -1.90. The highest BCUT2D eigenvalue weighted by atomic mass is 16.4. The first-order valence-electron chi connectivity index (χ1n) is 9.00. The van der Waals surface area contributed by atoms with Gasteiger partial charge >= 0.3 is 5.97 Å². The number of carboxylic acid groups (broad SMARTS) is 1. The molecule has 0 amide bonds. The van der Waals surface area contributed by atoms with E-state index in [9.17, 15) is 4.79 Å². The number of carbonyl (C=O) groups is 1. The molecule has 22 heavy (non-hydrogen) atoms. The second kappa shape index (κ2) is 17.5. The van der Waals surface area contributed by atoms with Crippen LogP contribution in [0.5, 0.6) is 0 Å². The second-order valence-electron chi connectivity index (χ2n) is 5.21. The number of allylic oxidation sites excluding steroid dienone is 8. The Hall–Kier alpha value is -1.57. The zero-order valence-corrected chi connectivity index (χ0v) is 13.9. The molecule has 2 heteroatoms. The van der Waals surface area contributed by atoms with E-state index in [0.717, 1.165) is 19.3 Å². The van der Waals surface area contributed by atoms with E-state index in [1.807, 2.05) is 6.08 Å². The summed E-state index contributed by atoms with van der Waals surface area (Å²) in [7, 11) is 0. The van der Waals surface area contributed by atoms with Crippen molar-refractivity contribution in [2.75, 3.05) is 0 Å². The summed E-state index contributed by atoms with van der Waals surface area (Å²) in [4.78, 5) is 10.4. The Morgan fingerprint density at radius 2 is 1.41 bits per heavy atom. The quantitative estimate of drug-likeness (QED) is 0.306. The van der Waals surface area contributed by atoms with Crippen LogP contribution in [0, 0.1) is 0 Å². The lowest BCUT2D eigenvalue weighted by atomic mass is 10.2. The molecule has 1 atom stereocenters. The van der Waals surface area contributed by atoms with Gasteiger partial charge in [-0.25, -0.2) is 0 Å². The van der Waals surface area contributed by atoms with Crippen LogP contribution in [-0.4, -0.2) is 11.1 Å². The van der Waals surface area contributed by atoms with Crippen molar-refractivity contribution >= 4 is 5.97 Å². The van der Waals surface area contributed by atoms with Crippen LogP contribution in [0.1, 0.15) is 72.5 Å². The number of unbranched alkanes of at least 4 members (excludes halogenated alkanes) is 3. The van der Waals surface area contributed by atoms with E-state index in [1.165, 1.54) is 25.7 Å². The van der Waals surface area contributed by atoms with Crippen LogP contribution in [-0.2, 0) is 4.79 Å². The summed E-state index contributed by atoms with van der Waals surface area (Å²) in [6, 6.07) is 0. The predicted octanol–water partition coefficient (Wildman–Crippen LogP) is 6.22. The fourth-order valence-electron chi connectivity index (χ4n) is 1.82. The van der Waals surface area contributed by atoms with Crippen LogP contribution in [0.4, 0.5) is 0 Å². The fourth-order valence-corrected chi connectivity index (χ4v) is 1.82. The van der Waals surface area contributed by atoms with Crippen LogP contribution in [0.2, 0.25) is 0 Å². The number of aliphatic carboxylic acids is 1. The zero-order valence-electron chi connectivity index (χ0n) is 14.9. The van der Waals surface area contributed by atoms with Gasteiger partial charge in [-0.2, -0.15) is 0 Å². The van der Waals surface area contributed by atoms with E-state index in [0.29, 0.717) is 6.42 Å². The van der Waals surface area contributed by atoms with Gasteiger partial charge in [0.25, 0.3) is 0 Å². The highest BCUT2D eigenvalue weighted by Crippen LogP contribution is 2.01. The molecule has 124 valence electrons. The smallest absolute Gasteiger partial charge is 0.303 e. The third-order valence-electron chi connectivity index (χ3n) is 3.09. The van der Waals surface area contributed by atoms with Crippen LogP contribution in [0.15, 0.2) is 48.6 Å². The van der Waals surface area contributed by atoms with Gasteiger partial charge in [0.05, 0.1) is 0 Å². The molecule has 0 spiro atoms. The molecule has 0 rings (SSSR count). The van der Waals surface area contributed by atoms with E-state index in [4.69, 9.17) is 6.48 Å². The summed E-state index contributed by atoms with van der Waals surface area (Å²) < 4.78 is 7.64. The van der Waals surface area contributed by atoms with Crippen molar-refractivity contribution in [3.8, 4) is 0 Å². The Morgan fingerprint density at radius 1 is 0.864 bits per heavy atom. The van der Waals surface area contributed by atoms with Crippen molar-refractivity contribution < 1.29 is 11.3 Å². The topological polar surface area (TPSA) is 37.3 Å². The molecule has 0 fully saturated rings. The van der Waals surface area contributed by atoms with E-state index >= 15 is 0 Å². The lowest BCUT2D eigenvalue weighted by molar-refractivity contribution is -0.137. The molecule has 0 aliphatic heterocycles. The molecule has 0 bridgehead atoms. The summed E-state index contributed by atoms with van der Waals surface area (Å²) in [6.07, 6.45) is 24.6. The minimum Gasteiger partial charge on any atom is -0.481 e. The van der Waals surface area contributed by atoms with Gasteiger partial charge < -0.3 is 5.11 Å². The maximum Gasteiger partial charge on any atom is 0.303 e. The van der Waals surface area contributed by atoms with E-state index in [2.05, 4.69) is 43.4 Å². The van der Waals surface area contributed by atoms with Crippen LogP contribution < -0.4 is 0 Å². The average molecular weight is 305 g/mol. The monoisotopic (exact) mass is 305 g/mol. The summed E-state index contributed by atoms with van der Waals surface area (Å²) >= 11 is 0. The molecule has 0 aliphatic rings. The molecule has 1 unspecified atom stereocenters. The van der Waals surface area contributed by atoms with Gasteiger partial charge in [-0.15, -0.1) is 0 Å². The third-order valence-corrected chi connectivity index (χ3v) is 3.09. The molecule has 0 aromatic heterocycles. The van der Waals surface area contributed by atoms with E-state index in [-0.39, 0.29) is 6.42 Å². The predicted molar refractivity (Wildman–Crippen MR) is 96.0 cm³/mol. The molecule has 0 aliphatic carbocycles. The molecule has 0 aromatic rings. The van der Waals surface area contributed by atoms with Gasteiger partial charge in [0.15, 0.2) is 0 Å². The van der Waals surface area contributed by atoms with Gasteiger partial charge in [-0.05, 0) is 44.9 Å². The summed E-state index contributed by atoms with van der Waals surface area (Å²) in [5.41, 5.74) is 0. The van der Waals surface area contributed by atoms with Crippen LogP contribution >= 0.6 is 0 Å². The first-order chi connectivity index (χ1) is 11.2. The van der Waals surface area contributed by atoms with Gasteiger partial charge in [0, 0.05) is 7.79 Å². The maximum atomic E-state index is 10.4. The molecule has 0 saturated carbocycles. The molecular weight excluding hydrogens is 272 g/mol. The molecule has 1 N–H and O–H groups in total. The minimum atomic E-state index is -0.835. The highest BCUT2D eigenvalue weighted by Gasteiger charge is 1.92. The van der Waals surface area contributed by atoms with Crippen molar-refractivity contribution in [2.24, 2.45) is 0 Å². The SMILES string of the molecule is [2H]C(/C=C\C/C=C\C/C=C\C/C=C\CCCCC)CCC(=O)O. The minimum absolute atomic E-state index is 0.0617. The Morgan fingerprint density at radius 3 is 1.95 bits per heavy atom. The normalized spacial score (nSPS) is 14.5. The molecule has 0 radical (unpaired) electrons. The first kappa shape index (κ1) is 18.5. The van der Waals surface area contributed by atoms with Gasteiger partial charge in [0.1, 0.15) is 0 Å². The van der Waals surface area contributed by atoms with Crippen molar-refractivity contribution in [3.63, 3.8) is 0 Å². The van der Waals surface area contributed by atoms with E-state index < -0.39 is 12.4 Å². The van der Waals surface area contributed by atoms with Crippen molar-refractivity contribution in [1.29, 1.82) is 0 Å². The fraction of sp³-hybridized carbons (Fsp3) is 0.550. The average Bonchev–Trinajstić information content (AvgIpc) is 2.53. The van der Waals surface area contributed by atoms with Crippen molar-refractivity contribution in [2.45, 2.75) is 71.1 Å². The standard InChI is InChI=1S/C20H32O2/c1-2-3-4-5-6-7-8-9-10-11-12-13-14-15-16-17-18-19-20(21)22/h6-7,9-10,12-13,15-16H,2-5,8,11,14,17-19H2,1H3,(H,21,22)/b7-6-,10-9-,13-12-,16-15-/i17D. The summed E-state index contributed by atoms with van der Waals surface area (Å²) in [5.74, 6) is -0.835. The Balaban J connectivity index is 3.55. The highest BCUT2D eigenvalue weighted by molar-refractivity contribution is 5.66. The zero-order chi connectivity index (χ0) is 17.2. The number of carboxylic acids is 1. The number of hydrogen-bond donors (Lipinski definition) is 1. The summed E-state index contributed by atoms with van der Waals surface area (Å²) in [5, 5.41) is 8.53. The molecule has 0 saturated heterocycles. The lowest BCUT2D eigenvalue weighted by Crippen LogP contribution is -1.92. The molecule has 0 heterocycles. The van der Waals surface area contributed by atoms with Gasteiger partial charge in [-0.1, -0.05) is 68.4 Å². The Kier molecular flexibility index (Phi) is 14.7.